The second-order valence-corrected chi connectivity index (χ2v) is 4.27. The van der Waals surface area contributed by atoms with E-state index in [4.69, 9.17) is 11.0 Å². The van der Waals surface area contributed by atoms with Gasteiger partial charge < -0.3 is 10.3 Å². The lowest BCUT2D eigenvalue weighted by Crippen LogP contribution is -2.13. The van der Waals surface area contributed by atoms with E-state index in [1.54, 1.807) is 12.1 Å². The third-order valence-electron chi connectivity index (χ3n) is 2.85. The Balaban J connectivity index is 2.29. The van der Waals surface area contributed by atoms with Gasteiger partial charge in [-0.15, -0.1) is 0 Å². The molecule has 0 fully saturated rings. The Morgan fingerprint density at radius 3 is 2.83 bits per heavy atom. The Morgan fingerprint density at radius 1 is 1.44 bits per heavy atom. The highest BCUT2D eigenvalue weighted by molar-refractivity contribution is 5.33. The number of nitrogens with zero attached hydrogens (tertiary/aromatic N) is 2. The third kappa shape index (κ3) is 2.41. The van der Waals surface area contributed by atoms with E-state index >= 15 is 0 Å². The van der Waals surface area contributed by atoms with E-state index in [1.165, 1.54) is 6.07 Å². The van der Waals surface area contributed by atoms with Crippen LogP contribution in [0.4, 0.5) is 4.39 Å². The predicted octanol–water partition coefficient (Wildman–Crippen LogP) is 2.57. The van der Waals surface area contributed by atoms with Crippen molar-refractivity contribution in [3.63, 3.8) is 0 Å². The molecule has 0 amide bonds. The first-order valence-corrected chi connectivity index (χ1v) is 5.71. The highest BCUT2D eigenvalue weighted by atomic mass is 19.1. The van der Waals surface area contributed by atoms with Gasteiger partial charge in [0.25, 0.3) is 0 Å². The van der Waals surface area contributed by atoms with Crippen LogP contribution in [0, 0.1) is 17.1 Å². The molecule has 92 valence electrons. The number of nitrogens with two attached hydrogens (primary N) is 1. The lowest BCUT2D eigenvalue weighted by molar-refractivity contribution is 0.589. The van der Waals surface area contributed by atoms with Gasteiger partial charge in [0.05, 0.1) is 18.2 Å². The van der Waals surface area contributed by atoms with Gasteiger partial charge in [-0.3, -0.25) is 0 Å². The molecular weight excluding hydrogens is 229 g/mol. The summed E-state index contributed by atoms with van der Waals surface area (Å²) in [5.74, 6) is -0.363. The lowest BCUT2D eigenvalue weighted by Gasteiger charge is -2.12. The van der Waals surface area contributed by atoms with E-state index in [2.05, 4.69) is 0 Å². The molecule has 1 aromatic heterocycles. The number of nitriles is 1. The second-order valence-electron chi connectivity index (χ2n) is 4.27. The quantitative estimate of drug-likeness (QED) is 0.900. The summed E-state index contributed by atoms with van der Waals surface area (Å²) < 4.78 is 15.7. The van der Waals surface area contributed by atoms with Gasteiger partial charge in [-0.2, -0.15) is 5.26 Å². The minimum absolute atomic E-state index is 0.0959. The average Bonchev–Trinajstić information content (AvgIpc) is 2.80. The Hall–Kier alpha value is -2.12. The Labute approximate surface area is 105 Å². The maximum absolute atomic E-state index is 13.8. The van der Waals surface area contributed by atoms with Gasteiger partial charge in [0.1, 0.15) is 5.82 Å². The fraction of sp³-hybridized carbons (Fsp3) is 0.214. The molecule has 2 rings (SSSR count). The van der Waals surface area contributed by atoms with Crippen molar-refractivity contribution in [1.29, 1.82) is 5.26 Å². The van der Waals surface area contributed by atoms with E-state index in [-0.39, 0.29) is 11.9 Å². The van der Waals surface area contributed by atoms with Crippen molar-refractivity contribution >= 4 is 0 Å². The molecule has 0 aliphatic carbocycles. The zero-order valence-electron chi connectivity index (χ0n) is 10.1. The minimum atomic E-state index is -0.363. The number of hydrogen-bond acceptors (Lipinski definition) is 2. The van der Waals surface area contributed by atoms with Crippen molar-refractivity contribution in [2.75, 3.05) is 0 Å². The molecule has 0 saturated carbocycles. The van der Waals surface area contributed by atoms with E-state index in [0.29, 0.717) is 17.7 Å². The molecule has 4 heteroatoms. The Morgan fingerprint density at radius 2 is 2.22 bits per heavy atom. The fourth-order valence-electron chi connectivity index (χ4n) is 1.91. The summed E-state index contributed by atoms with van der Waals surface area (Å²) in [5.41, 5.74) is 7.67. The van der Waals surface area contributed by atoms with Crippen LogP contribution in [0.3, 0.4) is 0 Å². The van der Waals surface area contributed by atoms with Crippen LogP contribution in [0.15, 0.2) is 36.5 Å². The summed E-state index contributed by atoms with van der Waals surface area (Å²) in [6.45, 7) is 2.31. The van der Waals surface area contributed by atoms with E-state index < -0.39 is 0 Å². The molecule has 0 spiro atoms. The minimum Gasteiger partial charge on any atom is -0.345 e. The molecule has 0 radical (unpaired) electrons. The zero-order chi connectivity index (χ0) is 13.1. The van der Waals surface area contributed by atoms with Crippen LogP contribution in [0.25, 0.3) is 0 Å². The normalized spacial score (nSPS) is 12.1. The maximum atomic E-state index is 13.8. The van der Waals surface area contributed by atoms with Gasteiger partial charge in [0.15, 0.2) is 0 Å². The van der Waals surface area contributed by atoms with Crippen molar-refractivity contribution in [2.45, 2.75) is 19.5 Å². The third-order valence-corrected chi connectivity index (χ3v) is 2.85. The first-order chi connectivity index (χ1) is 8.61. The van der Waals surface area contributed by atoms with Crippen LogP contribution in [-0.4, -0.2) is 4.57 Å². The summed E-state index contributed by atoms with van der Waals surface area (Å²) in [4.78, 5) is 0. The van der Waals surface area contributed by atoms with Crippen LogP contribution >= 0.6 is 0 Å². The summed E-state index contributed by atoms with van der Waals surface area (Å²) in [5, 5.41) is 8.69. The summed E-state index contributed by atoms with van der Waals surface area (Å²) in [6, 6.07) is 10.1. The first-order valence-electron chi connectivity index (χ1n) is 5.71. The number of rotatable bonds is 3. The van der Waals surface area contributed by atoms with Gasteiger partial charge in [-0.05, 0) is 31.2 Å². The molecule has 0 saturated heterocycles. The highest BCUT2D eigenvalue weighted by Crippen LogP contribution is 2.16. The molecule has 2 aromatic rings. The van der Waals surface area contributed by atoms with Gasteiger partial charge in [0.2, 0.25) is 0 Å². The van der Waals surface area contributed by atoms with Crippen LogP contribution in [-0.2, 0) is 6.54 Å². The van der Waals surface area contributed by atoms with Crippen LogP contribution in [0.1, 0.15) is 29.8 Å². The molecule has 2 N–H and O–H groups in total. The Bertz CT molecular complexity index is 593. The Kier molecular flexibility index (Phi) is 3.45. The van der Waals surface area contributed by atoms with Crippen LogP contribution < -0.4 is 5.73 Å². The molecule has 3 nitrogen and oxygen atoms in total. The number of hydrogen-bond donors (Lipinski definition) is 1. The van der Waals surface area contributed by atoms with Gasteiger partial charge in [0, 0.05) is 23.5 Å². The summed E-state index contributed by atoms with van der Waals surface area (Å²) >= 11 is 0. The molecule has 18 heavy (non-hydrogen) atoms. The highest BCUT2D eigenvalue weighted by Gasteiger charge is 2.09. The van der Waals surface area contributed by atoms with E-state index in [9.17, 15) is 4.39 Å². The van der Waals surface area contributed by atoms with E-state index in [1.807, 2.05) is 35.9 Å². The zero-order valence-corrected chi connectivity index (χ0v) is 10.1. The number of benzene rings is 1. The number of halogens is 1. The molecule has 1 unspecified atom stereocenters. The smallest absolute Gasteiger partial charge is 0.129 e. The fourth-order valence-corrected chi connectivity index (χ4v) is 1.91. The number of aromatic nitrogens is 1. The molecular formula is C14H14FN3. The largest absolute Gasteiger partial charge is 0.345 e. The summed E-state index contributed by atoms with van der Waals surface area (Å²) in [6.07, 6.45) is 1.87. The van der Waals surface area contributed by atoms with Crippen LogP contribution in [0.5, 0.6) is 0 Å². The second kappa shape index (κ2) is 5.03. The average molecular weight is 243 g/mol. The monoisotopic (exact) mass is 243 g/mol. The standard InChI is InChI=1S/C14H14FN3/c1-10(17)14-3-2-6-18(14)9-12-5-4-11(8-16)7-13(12)15/h2-7,10H,9,17H2,1H3. The molecule has 1 aromatic carbocycles. The van der Waals surface area contributed by atoms with Gasteiger partial charge >= 0.3 is 0 Å². The van der Waals surface area contributed by atoms with Gasteiger partial charge in [-0.25, -0.2) is 4.39 Å². The molecule has 0 aliphatic heterocycles. The molecule has 1 heterocycles. The van der Waals surface area contributed by atoms with Crippen molar-refractivity contribution in [2.24, 2.45) is 5.73 Å². The van der Waals surface area contributed by atoms with Crippen molar-refractivity contribution in [3.05, 3.63) is 59.2 Å². The van der Waals surface area contributed by atoms with Crippen LogP contribution in [0.2, 0.25) is 0 Å². The topological polar surface area (TPSA) is 54.7 Å². The molecule has 0 bridgehead atoms. The van der Waals surface area contributed by atoms with Crippen molar-refractivity contribution in [1.82, 2.24) is 4.57 Å². The molecule has 0 aliphatic rings. The lowest BCUT2D eigenvalue weighted by atomic mass is 10.1. The molecule has 1 atom stereocenters. The first kappa shape index (κ1) is 12.3. The SMILES string of the molecule is CC(N)c1cccn1Cc1ccc(C#N)cc1F. The van der Waals surface area contributed by atoms with Crippen molar-refractivity contribution < 1.29 is 4.39 Å². The summed E-state index contributed by atoms with van der Waals surface area (Å²) in [7, 11) is 0. The maximum Gasteiger partial charge on any atom is 0.129 e. The predicted molar refractivity (Wildman–Crippen MR) is 67.3 cm³/mol. The van der Waals surface area contributed by atoms with Gasteiger partial charge in [-0.1, -0.05) is 6.07 Å². The van der Waals surface area contributed by atoms with E-state index in [0.717, 1.165) is 5.69 Å². The van der Waals surface area contributed by atoms with Crippen molar-refractivity contribution in [3.8, 4) is 6.07 Å².